The zero-order chi connectivity index (χ0) is 32.2. The number of amides is 1. The van der Waals surface area contributed by atoms with Crippen molar-refractivity contribution in [1.29, 1.82) is 0 Å². The van der Waals surface area contributed by atoms with Crippen LogP contribution in [-0.2, 0) is 9.59 Å². The molecule has 0 saturated carbocycles. The van der Waals surface area contributed by atoms with Gasteiger partial charge in [0.25, 0.3) is 5.69 Å². The number of Topliss-reactive ketones (excluding diaryl/α,β-unsaturated/α-hetero) is 1. The van der Waals surface area contributed by atoms with E-state index >= 15 is 0 Å². The number of nitrogens with zero attached hydrogens (tertiary/aromatic N) is 5. The summed E-state index contributed by atoms with van der Waals surface area (Å²) in [5, 5.41) is 11.0. The fourth-order valence-corrected chi connectivity index (χ4v) is 4.55. The van der Waals surface area contributed by atoms with Crippen molar-refractivity contribution in [1.82, 2.24) is 9.80 Å². The van der Waals surface area contributed by atoms with Crippen molar-refractivity contribution in [2.45, 2.75) is 13.3 Å². The lowest BCUT2D eigenvalue weighted by atomic mass is 10.1. The third-order valence-corrected chi connectivity index (χ3v) is 7.24. The lowest BCUT2D eigenvalue weighted by molar-refractivity contribution is -0.384. The van der Waals surface area contributed by atoms with Crippen LogP contribution in [0.3, 0.4) is 0 Å². The molecule has 1 amide bonds. The zero-order valence-electron chi connectivity index (χ0n) is 25.1. The molecule has 0 spiro atoms. The van der Waals surface area contributed by atoms with Gasteiger partial charge in [0.05, 0.1) is 28.9 Å². The second-order valence-electron chi connectivity index (χ2n) is 10.2. The molecule has 1 aliphatic heterocycles. The molecule has 2 aromatic heterocycles. The van der Waals surface area contributed by atoms with Gasteiger partial charge in [-0.2, -0.15) is 0 Å². The van der Waals surface area contributed by atoms with Gasteiger partial charge in [-0.3, -0.25) is 29.7 Å². The number of ketones is 1. The molecule has 1 fully saturated rings. The monoisotopic (exact) mass is 631 g/mol. The minimum absolute atomic E-state index is 0.00968. The van der Waals surface area contributed by atoms with Crippen molar-refractivity contribution >= 4 is 41.4 Å². The highest BCUT2D eigenvalue weighted by molar-refractivity contribution is 6.33. The summed E-state index contributed by atoms with van der Waals surface area (Å²) in [5.41, 5.74) is 1.50. The Morgan fingerprint density at radius 2 is 1.51 bits per heavy atom. The summed E-state index contributed by atoms with van der Waals surface area (Å²) in [6.07, 6.45) is 3.61. The molecule has 0 bridgehead atoms. The number of benzene rings is 2. The van der Waals surface area contributed by atoms with E-state index in [1.54, 1.807) is 18.3 Å². The van der Waals surface area contributed by atoms with Crippen LogP contribution < -0.4 is 0 Å². The average molecular weight is 632 g/mol. The van der Waals surface area contributed by atoms with Crippen LogP contribution in [0, 0.1) is 10.1 Å². The first-order valence-corrected chi connectivity index (χ1v) is 14.8. The molecule has 45 heavy (non-hydrogen) atoms. The van der Waals surface area contributed by atoms with Gasteiger partial charge >= 0.3 is 0 Å². The standard InChI is InChI=1S/C18H19ClN4O4.C15H15NO2/c1-21-6-8-22(9-7-21)18(24)12-20-11-14-3-5-17(27-14)15-4-2-13(23(25)26)10-16(15)19;1-2-13(17)10-16-11-14-8-9-15(18-14)12-6-4-3-5-7-12/h2-5,10-11H,6-9,12H2,1H3;3-9,11H,2,10H2,1H3. The molecule has 1 saturated heterocycles. The fraction of sp³-hybridized carbons (Fsp3) is 0.273. The lowest BCUT2D eigenvalue weighted by Crippen LogP contribution is -2.47. The van der Waals surface area contributed by atoms with Gasteiger partial charge in [-0.1, -0.05) is 48.9 Å². The highest BCUT2D eigenvalue weighted by atomic mass is 35.5. The molecule has 11 nitrogen and oxygen atoms in total. The molecule has 5 rings (SSSR count). The molecule has 0 N–H and O–H groups in total. The number of halogens is 1. The zero-order valence-corrected chi connectivity index (χ0v) is 25.9. The molecule has 234 valence electrons. The van der Waals surface area contributed by atoms with Crippen molar-refractivity contribution in [2.75, 3.05) is 46.3 Å². The number of nitro groups is 1. The molecule has 0 radical (unpaired) electrons. The molecule has 0 aliphatic carbocycles. The number of nitro benzene ring substituents is 1. The maximum atomic E-state index is 12.1. The number of hydrogen-bond donors (Lipinski definition) is 0. The second-order valence-corrected chi connectivity index (χ2v) is 10.6. The summed E-state index contributed by atoms with van der Waals surface area (Å²) in [6, 6.07) is 21.2. The first kappa shape index (κ1) is 33.0. The third kappa shape index (κ3) is 9.82. The maximum absolute atomic E-state index is 12.1. The Morgan fingerprint density at radius 3 is 2.13 bits per heavy atom. The van der Waals surface area contributed by atoms with E-state index < -0.39 is 4.92 Å². The van der Waals surface area contributed by atoms with Gasteiger partial charge in [-0.15, -0.1) is 0 Å². The van der Waals surface area contributed by atoms with Gasteiger partial charge in [0.1, 0.15) is 29.6 Å². The van der Waals surface area contributed by atoms with Crippen LogP contribution in [-0.4, -0.2) is 85.2 Å². The summed E-state index contributed by atoms with van der Waals surface area (Å²) in [5.74, 6) is 2.54. The number of carbonyl (C=O) groups excluding carboxylic acids is 2. The van der Waals surface area contributed by atoms with Crippen LogP contribution in [0.1, 0.15) is 24.9 Å². The van der Waals surface area contributed by atoms with Gasteiger partial charge in [0, 0.05) is 55.9 Å². The second kappa shape index (κ2) is 16.3. The Kier molecular flexibility index (Phi) is 11.9. The third-order valence-electron chi connectivity index (χ3n) is 6.92. The van der Waals surface area contributed by atoms with E-state index in [2.05, 4.69) is 14.9 Å². The van der Waals surface area contributed by atoms with Gasteiger partial charge in [0.15, 0.2) is 5.78 Å². The number of aliphatic imine (C=N–C) groups is 2. The molecule has 1 aliphatic rings. The van der Waals surface area contributed by atoms with Crippen LogP contribution in [0.15, 0.2) is 91.6 Å². The Morgan fingerprint density at radius 1 is 0.889 bits per heavy atom. The molecule has 3 heterocycles. The number of furan rings is 2. The molecule has 0 unspecified atom stereocenters. The number of piperazine rings is 1. The normalized spacial score (nSPS) is 13.6. The largest absolute Gasteiger partial charge is 0.455 e. The number of hydrogen-bond acceptors (Lipinski definition) is 9. The van der Waals surface area contributed by atoms with Crippen LogP contribution >= 0.6 is 11.6 Å². The number of non-ortho nitro benzene ring substituents is 1. The SMILES string of the molecule is CCC(=O)CN=Cc1ccc(-c2ccccc2)o1.CN1CCN(C(=O)CN=Cc2ccc(-c3ccc([N+](=O)[O-])cc3Cl)o2)CC1. The lowest BCUT2D eigenvalue weighted by Gasteiger charge is -2.32. The smallest absolute Gasteiger partial charge is 0.270 e. The molecular formula is C33H34ClN5O6. The number of rotatable bonds is 10. The molecule has 12 heteroatoms. The Bertz CT molecular complexity index is 1650. The molecular weight excluding hydrogens is 598 g/mol. The van der Waals surface area contributed by atoms with Crippen molar-refractivity contribution < 1.29 is 23.3 Å². The van der Waals surface area contributed by atoms with Gasteiger partial charge in [-0.05, 0) is 37.4 Å². The minimum Gasteiger partial charge on any atom is -0.455 e. The Balaban J connectivity index is 0.000000222. The van der Waals surface area contributed by atoms with Crippen molar-refractivity contribution in [3.63, 3.8) is 0 Å². The fourth-order valence-electron chi connectivity index (χ4n) is 4.28. The Labute approximate surface area is 266 Å². The van der Waals surface area contributed by atoms with E-state index in [0.29, 0.717) is 42.4 Å². The molecule has 0 atom stereocenters. The highest BCUT2D eigenvalue weighted by Crippen LogP contribution is 2.32. The molecule has 4 aromatic rings. The highest BCUT2D eigenvalue weighted by Gasteiger charge is 2.18. The van der Waals surface area contributed by atoms with E-state index in [9.17, 15) is 19.7 Å². The van der Waals surface area contributed by atoms with Crippen molar-refractivity contribution in [3.05, 3.63) is 99.5 Å². The van der Waals surface area contributed by atoms with E-state index in [1.807, 2.05) is 61.3 Å². The summed E-state index contributed by atoms with van der Waals surface area (Å²) < 4.78 is 11.3. The van der Waals surface area contributed by atoms with E-state index in [0.717, 1.165) is 24.4 Å². The average Bonchev–Trinajstić information content (AvgIpc) is 3.72. The van der Waals surface area contributed by atoms with Gasteiger partial charge < -0.3 is 18.6 Å². The van der Waals surface area contributed by atoms with Crippen LogP contribution in [0.5, 0.6) is 0 Å². The van der Waals surface area contributed by atoms with Gasteiger partial charge in [-0.25, -0.2) is 0 Å². The summed E-state index contributed by atoms with van der Waals surface area (Å²) in [7, 11) is 2.03. The first-order chi connectivity index (χ1) is 21.7. The summed E-state index contributed by atoms with van der Waals surface area (Å²) in [4.78, 5) is 45.7. The van der Waals surface area contributed by atoms with Crippen LogP contribution in [0.25, 0.3) is 22.6 Å². The minimum atomic E-state index is -0.507. The first-order valence-electron chi connectivity index (χ1n) is 14.4. The number of likely N-dealkylation sites (N-methyl/N-ethyl adjacent to an activating group) is 1. The predicted molar refractivity (Wildman–Crippen MR) is 174 cm³/mol. The molecule has 2 aromatic carbocycles. The van der Waals surface area contributed by atoms with E-state index in [1.165, 1.54) is 24.4 Å². The quantitative estimate of drug-likeness (QED) is 0.118. The van der Waals surface area contributed by atoms with Gasteiger partial charge in [0.2, 0.25) is 5.91 Å². The van der Waals surface area contributed by atoms with Crippen LogP contribution in [0.4, 0.5) is 5.69 Å². The Hall–Kier alpha value is -4.87. The van der Waals surface area contributed by atoms with Crippen LogP contribution in [0.2, 0.25) is 5.02 Å². The summed E-state index contributed by atoms with van der Waals surface area (Å²) >= 11 is 6.11. The summed E-state index contributed by atoms with van der Waals surface area (Å²) in [6.45, 7) is 5.29. The van der Waals surface area contributed by atoms with E-state index in [-0.39, 0.29) is 35.5 Å². The topological polar surface area (TPSA) is 135 Å². The predicted octanol–water partition coefficient (Wildman–Crippen LogP) is 6.05. The number of carbonyl (C=O) groups is 2. The van der Waals surface area contributed by atoms with Crippen molar-refractivity contribution in [2.24, 2.45) is 9.98 Å². The van der Waals surface area contributed by atoms with Crippen molar-refractivity contribution in [3.8, 4) is 22.6 Å². The maximum Gasteiger partial charge on any atom is 0.270 e. The van der Waals surface area contributed by atoms with E-state index in [4.69, 9.17) is 20.4 Å².